The van der Waals surface area contributed by atoms with Crippen molar-refractivity contribution < 1.29 is 19.0 Å². The first-order valence-electron chi connectivity index (χ1n) is 8.05. The van der Waals surface area contributed by atoms with Gasteiger partial charge in [0, 0.05) is 43.2 Å². The predicted molar refractivity (Wildman–Crippen MR) is 89.3 cm³/mol. The highest BCUT2D eigenvalue weighted by atomic mass is 32.2. The van der Waals surface area contributed by atoms with Crippen molar-refractivity contribution in [2.24, 2.45) is 5.92 Å². The van der Waals surface area contributed by atoms with Gasteiger partial charge in [-0.3, -0.25) is 4.79 Å². The van der Waals surface area contributed by atoms with Gasteiger partial charge < -0.3 is 19.1 Å². The minimum Gasteiger partial charge on any atom is -0.486 e. The van der Waals surface area contributed by atoms with Gasteiger partial charge >= 0.3 is 0 Å². The van der Waals surface area contributed by atoms with Crippen molar-refractivity contribution in [1.29, 1.82) is 0 Å². The summed E-state index contributed by atoms with van der Waals surface area (Å²) in [5, 5.41) is 0. The summed E-state index contributed by atoms with van der Waals surface area (Å²) < 4.78 is 16.3. The predicted octanol–water partition coefficient (Wildman–Crippen LogP) is 2.43. The van der Waals surface area contributed by atoms with Crippen LogP contribution >= 0.6 is 11.8 Å². The first kappa shape index (κ1) is 16.5. The van der Waals surface area contributed by atoms with Gasteiger partial charge in [-0.15, -0.1) is 11.8 Å². The summed E-state index contributed by atoms with van der Waals surface area (Å²) in [5.41, 5.74) is 0. The maximum atomic E-state index is 12.2. The Bertz CT molecular complexity index is 551. The highest BCUT2D eigenvalue weighted by Crippen LogP contribution is 2.34. The van der Waals surface area contributed by atoms with E-state index in [-0.39, 0.29) is 5.91 Å². The van der Waals surface area contributed by atoms with E-state index in [9.17, 15) is 4.79 Å². The maximum absolute atomic E-state index is 12.2. The summed E-state index contributed by atoms with van der Waals surface area (Å²) in [4.78, 5) is 15.3. The molecule has 2 aliphatic rings. The molecular formula is C17H23NO4S. The molecule has 0 spiro atoms. The van der Waals surface area contributed by atoms with Crippen molar-refractivity contribution in [2.45, 2.75) is 17.7 Å². The average molecular weight is 337 g/mol. The monoisotopic (exact) mass is 337 g/mol. The van der Waals surface area contributed by atoms with E-state index in [2.05, 4.69) is 0 Å². The lowest BCUT2D eigenvalue weighted by Crippen LogP contribution is -2.29. The molecule has 1 unspecified atom stereocenters. The molecule has 0 N–H and O–H groups in total. The molecule has 0 saturated carbocycles. The van der Waals surface area contributed by atoms with Crippen molar-refractivity contribution in [2.75, 3.05) is 45.8 Å². The molecule has 23 heavy (non-hydrogen) atoms. The van der Waals surface area contributed by atoms with Gasteiger partial charge in [-0.05, 0) is 24.6 Å². The highest BCUT2D eigenvalue weighted by molar-refractivity contribution is 7.99. The number of fused-ring (bicyclic) bond motifs is 1. The Morgan fingerprint density at radius 2 is 2.17 bits per heavy atom. The van der Waals surface area contributed by atoms with Crippen LogP contribution in [-0.4, -0.2) is 56.6 Å². The van der Waals surface area contributed by atoms with Crippen molar-refractivity contribution in [3.8, 4) is 11.5 Å². The third-order valence-electron chi connectivity index (χ3n) is 4.14. The molecule has 2 heterocycles. The Kier molecular flexibility index (Phi) is 5.67. The van der Waals surface area contributed by atoms with Gasteiger partial charge in [0.15, 0.2) is 11.5 Å². The number of nitrogens with zero attached hydrogens (tertiary/aromatic N) is 1. The normalized spacial score (nSPS) is 19.9. The number of carbonyl (C=O) groups excluding carboxylic acids is 1. The summed E-state index contributed by atoms with van der Waals surface area (Å²) in [5.74, 6) is 3.12. The van der Waals surface area contributed by atoms with Crippen LogP contribution in [0.2, 0.25) is 0 Å². The molecule has 1 fully saturated rings. The van der Waals surface area contributed by atoms with Crippen LogP contribution in [0.4, 0.5) is 0 Å². The van der Waals surface area contributed by atoms with E-state index in [4.69, 9.17) is 14.2 Å². The van der Waals surface area contributed by atoms with Crippen molar-refractivity contribution in [1.82, 2.24) is 4.90 Å². The molecule has 5 nitrogen and oxygen atoms in total. The standard InChI is InChI=1S/C17H23NO4S/c1-20-12-13-4-6-18(11-13)17(19)5-9-23-14-2-3-15-16(10-14)22-8-7-21-15/h2-3,10,13H,4-9,11-12H2,1H3. The zero-order valence-corrected chi connectivity index (χ0v) is 14.3. The average Bonchev–Trinajstić information content (AvgIpc) is 3.04. The molecule has 0 aliphatic carbocycles. The third kappa shape index (κ3) is 4.32. The number of methoxy groups -OCH3 is 1. The fourth-order valence-corrected chi connectivity index (χ4v) is 3.83. The van der Waals surface area contributed by atoms with Crippen LogP contribution < -0.4 is 9.47 Å². The molecule has 126 valence electrons. The van der Waals surface area contributed by atoms with Gasteiger partial charge in [-0.1, -0.05) is 0 Å². The minimum absolute atomic E-state index is 0.244. The summed E-state index contributed by atoms with van der Waals surface area (Å²) in [6.45, 7) is 3.64. The smallest absolute Gasteiger partial charge is 0.223 e. The molecule has 1 aromatic carbocycles. The number of ether oxygens (including phenoxy) is 3. The third-order valence-corrected chi connectivity index (χ3v) is 5.13. The molecular weight excluding hydrogens is 314 g/mol. The van der Waals surface area contributed by atoms with Crippen LogP contribution in [0.3, 0.4) is 0 Å². The van der Waals surface area contributed by atoms with Crippen molar-refractivity contribution in [3.63, 3.8) is 0 Å². The molecule has 6 heteroatoms. The van der Waals surface area contributed by atoms with Crippen LogP contribution in [0.15, 0.2) is 23.1 Å². The number of hydrogen-bond donors (Lipinski definition) is 0. The summed E-state index contributed by atoms with van der Waals surface area (Å²) in [6, 6.07) is 5.95. The molecule has 0 radical (unpaired) electrons. The maximum Gasteiger partial charge on any atom is 0.223 e. The molecule has 2 aliphatic heterocycles. The second-order valence-electron chi connectivity index (χ2n) is 5.85. The fourth-order valence-electron chi connectivity index (χ4n) is 2.96. The minimum atomic E-state index is 0.244. The van der Waals surface area contributed by atoms with Gasteiger partial charge in [0.05, 0.1) is 6.61 Å². The van der Waals surface area contributed by atoms with Crippen LogP contribution in [0.1, 0.15) is 12.8 Å². The number of thioether (sulfide) groups is 1. The molecule has 1 aromatic rings. The lowest BCUT2D eigenvalue weighted by atomic mass is 10.1. The Labute approximate surface area is 141 Å². The fraction of sp³-hybridized carbons (Fsp3) is 0.588. The van der Waals surface area contributed by atoms with Gasteiger partial charge in [0.1, 0.15) is 13.2 Å². The summed E-state index contributed by atoms with van der Waals surface area (Å²) in [6.07, 6.45) is 1.62. The quantitative estimate of drug-likeness (QED) is 0.746. The number of carbonyl (C=O) groups is 1. The summed E-state index contributed by atoms with van der Waals surface area (Å²) in [7, 11) is 1.72. The summed E-state index contributed by atoms with van der Waals surface area (Å²) >= 11 is 1.68. The Morgan fingerprint density at radius 3 is 3.00 bits per heavy atom. The lowest BCUT2D eigenvalue weighted by molar-refractivity contribution is -0.129. The highest BCUT2D eigenvalue weighted by Gasteiger charge is 2.25. The lowest BCUT2D eigenvalue weighted by Gasteiger charge is -2.19. The molecule has 1 atom stereocenters. The van der Waals surface area contributed by atoms with E-state index in [1.165, 1.54) is 0 Å². The Balaban J connectivity index is 1.43. The molecule has 1 saturated heterocycles. The van der Waals surface area contributed by atoms with Gasteiger partial charge in [-0.25, -0.2) is 0 Å². The Morgan fingerprint density at radius 1 is 1.35 bits per heavy atom. The first-order chi connectivity index (χ1) is 11.3. The number of likely N-dealkylation sites (tertiary alicyclic amines) is 1. The molecule has 0 aromatic heterocycles. The van der Waals surface area contributed by atoms with Crippen LogP contribution in [0.5, 0.6) is 11.5 Å². The second-order valence-corrected chi connectivity index (χ2v) is 7.02. The zero-order valence-electron chi connectivity index (χ0n) is 13.5. The number of benzene rings is 1. The number of rotatable bonds is 6. The zero-order chi connectivity index (χ0) is 16.1. The number of hydrogen-bond acceptors (Lipinski definition) is 5. The SMILES string of the molecule is COCC1CCN(C(=O)CCSc2ccc3c(c2)OCCO3)C1. The number of amides is 1. The van der Waals surface area contributed by atoms with Gasteiger partial charge in [0.2, 0.25) is 5.91 Å². The van der Waals surface area contributed by atoms with Crippen LogP contribution in [0, 0.1) is 5.92 Å². The van der Waals surface area contributed by atoms with E-state index in [1.54, 1.807) is 18.9 Å². The van der Waals surface area contributed by atoms with E-state index in [0.717, 1.165) is 48.3 Å². The largest absolute Gasteiger partial charge is 0.486 e. The molecule has 1 amide bonds. The van der Waals surface area contributed by atoms with Crippen molar-refractivity contribution in [3.05, 3.63) is 18.2 Å². The van der Waals surface area contributed by atoms with E-state index >= 15 is 0 Å². The van der Waals surface area contributed by atoms with E-state index in [0.29, 0.717) is 25.6 Å². The van der Waals surface area contributed by atoms with Crippen molar-refractivity contribution >= 4 is 17.7 Å². The second kappa shape index (κ2) is 7.93. The van der Waals surface area contributed by atoms with E-state index in [1.807, 2.05) is 23.1 Å². The van der Waals surface area contributed by atoms with E-state index < -0.39 is 0 Å². The Hall–Kier alpha value is -1.40. The van der Waals surface area contributed by atoms with Crippen LogP contribution in [-0.2, 0) is 9.53 Å². The van der Waals surface area contributed by atoms with Gasteiger partial charge in [-0.2, -0.15) is 0 Å². The topological polar surface area (TPSA) is 48.0 Å². The molecule has 3 rings (SSSR count). The molecule has 0 bridgehead atoms. The first-order valence-corrected chi connectivity index (χ1v) is 9.04. The van der Waals surface area contributed by atoms with Crippen LogP contribution in [0.25, 0.3) is 0 Å². The van der Waals surface area contributed by atoms with Gasteiger partial charge in [0.25, 0.3) is 0 Å².